The van der Waals surface area contributed by atoms with E-state index in [1.54, 1.807) is 19.2 Å². The lowest BCUT2D eigenvalue weighted by Gasteiger charge is -2.12. The van der Waals surface area contributed by atoms with Crippen molar-refractivity contribution in [2.45, 2.75) is 19.9 Å². The van der Waals surface area contributed by atoms with Crippen LogP contribution in [0.5, 0.6) is 0 Å². The van der Waals surface area contributed by atoms with Crippen LogP contribution in [0, 0.1) is 12.7 Å². The van der Waals surface area contributed by atoms with E-state index in [-0.39, 0.29) is 5.82 Å². The second-order valence-corrected chi connectivity index (χ2v) is 5.21. The van der Waals surface area contributed by atoms with Gasteiger partial charge in [-0.3, -0.25) is 4.99 Å². The van der Waals surface area contributed by atoms with Crippen LogP contribution in [0.25, 0.3) is 0 Å². The molecule has 0 saturated heterocycles. The lowest BCUT2D eigenvalue weighted by atomic mass is 10.1. The number of nitrogens with one attached hydrogen (secondary N) is 2. The Morgan fingerprint density at radius 2 is 1.59 bits per heavy atom. The van der Waals surface area contributed by atoms with Crippen molar-refractivity contribution in [3.05, 3.63) is 71.0 Å². The number of benzene rings is 2. The molecule has 0 aromatic heterocycles. The van der Waals surface area contributed by atoms with Crippen molar-refractivity contribution in [2.75, 3.05) is 13.6 Å². The molecule has 2 N–H and O–H groups in total. The molecule has 0 atom stereocenters. The quantitative estimate of drug-likeness (QED) is 0.657. The smallest absolute Gasteiger partial charge is 0.191 e. The first kappa shape index (κ1) is 16.0. The van der Waals surface area contributed by atoms with Crippen molar-refractivity contribution in [3.8, 4) is 0 Å². The zero-order valence-corrected chi connectivity index (χ0v) is 13.1. The summed E-state index contributed by atoms with van der Waals surface area (Å²) < 4.78 is 12.8. The van der Waals surface area contributed by atoms with E-state index in [9.17, 15) is 4.39 Å². The van der Waals surface area contributed by atoms with Crippen LogP contribution in [0.2, 0.25) is 0 Å². The molecule has 0 saturated carbocycles. The highest BCUT2D eigenvalue weighted by molar-refractivity contribution is 5.79. The molecule has 3 nitrogen and oxygen atoms in total. The van der Waals surface area contributed by atoms with Gasteiger partial charge in [0.1, 0.15) is 5.82 Å². The zero-order chi connectivity index (χ0) is 15.8. The van der Waals surface area contributed by atoms with Crippen molar-refractivity contribution in [1.82, 2.24) is 10.6 Å². The van der Waals surface area contributed by atoms with Gasteiger partial charge in [-0.15, -0.1) is 0 Å². The third kappa shape index (κ3) is 5.20. The summed E-state index contributed by atoms with van der Waals surface area (Å²) in [5.74, 6) is 0.565. The molecule has 22 heavy (non-hydrogen) atoms. The molecule has 0 unspecified atom stereocenters. The topological polar surface area (TPSA) is 36.4 Å². The Labute approximate surface area is 131 Å². The standard InChI is InChI=1S/C18H22FN3/c1-14-3-5-16(6-4-14)13-22-18(20-2)21-12-11-15-7-9-17(19)10-8-15/h3-10H,11-13H2,1-2H3,(H2,20,21,22). The second kappa shape index (κ2) is 8.17. The molecule has 0 aliphatic rings. The predicted octanol–water partition coefficient (Wildman–Crippen LogP) is 3.04. The second-order valence-electron chi connectivity index (χ2n) is 5.21. The highest BCUT2D eigenvalue weighted by Crippen LogP contribution is 2.03. The molecule has 116 valence electrons. The highest BCUT2D eigenvalue weighted by Gasteiger charge is 1.99. The molecule has 0 amide bonds. The van der Waals surface area contributed by atoms with Crippen LogP contribution >= 0.6 is 0 Å². The van der Waals surface area contributed by atoms with E-state index in [0.717, 1.165) is 31.0 Å². The largest absolute Gasteiger partial charge is 0.356 e. The van der Waals surface area contributed by atoms with E-state index in [1.807, 2.05) is 0 Å². The lowest BCUT2D eigenvalue weighted by Crippen LogP contribution is -2.37. The van der Waals surface area contributed by atoms with Crippen molar-refractivity contribution in [3.63, 3.8) is 0 Å². The zero-order valence-electron chi connectivity index (χ0n) is 13.1. The van der Waals surface area contributed by atoms with Crippen molar-refractivity contribution in [1.29, 1.82) is 0 Å². The summed E-state index contributed by atoms with van der Waals surface area (Å²) in [4.78, 5) is 4.20. The molecule has 0 bridgehead atoms. The lowest BCUT2D eigenvalue weighted by molar-refractivity contribution is 0.626. The van der Waals surface area contributed by atoms with Crippen LogP contribution in [0.3, 0.4) is 0 Å². The first-order chi connectivity index (χ1) is 10.7. The van der Waals surface area contributed by atoms with Crippen molar-refractivity contribution in [2.24, 2.45) is 4.99 Å². The van der Waals surface area contributed by atoms with E-state index in [2.05, 4.69) is 46.8 Å². The number of halogens is 1. The molecule has 0 fully saturated rings. The van der Waals surface area contributed by atoms with Gasteiger partial charge in [0, 0.05) is 20.1 Å². The maximum absolute atomic E-state index is 12.8. The van der Waals surface area contributed by atoms with E-state index < -0.39 is 0 Å². The average molecular weight is 299 g/mol. The van der Waals surface area contributed by atoms with Crippen LogP contribution < -0.4 is 10.6 Å². The van der Waals surface area contributed by atoms with Crippen LogP contribution in [-0.2, 0) is 13.0 Å². The summed E-state index contributed by atoms with van der Waals surface area (Å²) in [6.45, 7) is 3.56. The number of nitrogens with zero attached hydrogens (tertiary/aromatic N) is 1. The molecule has 0 aliphatic heterocycles. The molecule has 0 aliphatic carbocycles. The van der Waals surface area contributed by atoms with E-state index in [1.165, 1.54) is 23.3 Å². The fourth-order valence-electron chi connectivity index (χ4n) is 2.09. The van der Waals surface area contributed by atoms with Crippen molar-refractivity contribution < 1.29 is 4.39 Å². The highest BCUT2D eigenvalue weighted by atomic mass is 19.1. The first-order valence-corrected chi connectivity index (χ1v) is 7.42. The Morgan fingerprint density at radius 1 is 0.955 bits per heavy atom. The third-order valence-electron chi connectivity index (χ3n) is 3.42. The molecule has 0 heterocycles. The van der Waals surface area contributed by atoms with Gasteiger partial charge in [-0.05, 0) is 36.6 Å². The maximum Gasteiger partial charge on any atom is 0.191 e. The van der Waals surface area contributed by atoms with E-state index in [4.69, 9.17) is 0 Å². The number of hydrogen-bond acceptors (Lipinski definition) is 1. The van der Waals surface area contributed by atoms with E-state index >= 15 is 0 Å². The average Bonchev–Trinajstić information content (AvgIpc) is 2.54. The van der Waals surface area contributed by atoms with Gasteiger partial charge in [-0.25, -0.2) is 4.39 Å². The number of hydrogen-bond donors (Lipinski definition) is 2. The third-order valence-corrected chi connectivity index (χ3v) is 3.42. The predicted molar refractivity (Wildman–Crippen MR) is 89.5 cm³/mol. The fraction of sp³-hybridized carbons (Fsp3) is 0.278. The molecular formula is C18H22FN3. The number of rotatable bonds is 5. The Balaban J connectivity index is 1.75. The van der Waals surface area contributed by atoms with Crippen LogP contribution in [-0.4, -0.2) is 19.6 Å². The summed E-state index contributed by atoms with van der Waals surface area (Å²) in [7, 11) is 1.75. The number of guanidine groups is 1. The molecule has 2 rings (SSSR count). The SMILES string of the molecule is CN=C(NCCc1ccc(F)cc1)NCc1ccc(C)cc1. The Bertz CT molecular complexity index is 603. The minimum absolute atomic E-state index is 0.202. The molecule has 4 heteroatoms. The van der Waals surface area contributed by atoms with Gasteiger partial charge >= 0.3 is 0 Å². The van der Waals surface area contributed by atoms with Gasteiger partial charge in [-0.2, -0.15) is 0 Å². The summed E-state index contributed by atoms with van der Waals surface area (Å²) in [6.07, 6.45) is 0.825. The molecule has 2 aromatic carbocycles. The summed E-state index contributed by atoms with van der Waals surface area (Å²) in [5, 5.41) is 6.54. The van der Waals surface area contributed by atoms with Crippen LogP contribution in [0.1, 0.15) is 16.7 Å². The number of aryl methyl sites for hydroxylation is 1. The van der Waals surface area contributed by atoms with Crippen molar-refractivity contribution >= 4 is 5.96 Å². The van der Waals surface area contributed by atoms with Gasteiger partial charge in [0.15, 0.2) is 5.96 Å². The fourth-order valence-corrected chi connectivity index (χ4v) is 2.09. The monoisotopic (exact) mass is 299 g/mol. The molecular weight excluding hydrogens is 277 g/mol. The Hall–Kier alpha value is -2.36. The summed E-state index contributed by atoms with van der Waals surface area (Å²) in [5.41, 5.74) is 3.57. The minimum Gasteiger partial charge on any atom is -0.356 e. The van der Waals surface area contributed by atoms with Gasteiger partial charge in [0.05, 0.1) is 0 Å². The molecule has 0 spiro atoms. The molecule has 2 aromatic rings. The summed E-state index contributed by atoms with van der Waals surface area (Å²) in [6, 6.07) is 15.0. The van der Waals surface area contributed by atoms with Gasteiger partial charge in [0.2, 0.25) is 0 Å². The Kier molecular flexibility index (Phi) is 5.95. The van der Waals surface area contributed by atoms with E-state index in [0.29, 0.717) is 0 Å². The van der Waals surface area contributed by atoms with Crippen LogP contribution in [0.15, 0.2) is 53.5 Å². The van der Waals surface area contributed by atoms with Crippen LogP contribution in [0.4, 0.5) is 4.39 Å². The maximum atomic E-state index is 12.8. The minimum atomic E-state index is -0.202. The van der Waals surface area contributed by atoms with Gasteiger partial charge in [0.25, 0.3) is 0 Å². The van der Waals surface area contributed by atoms with Gasteiger partial charge < -0.3 is 10.6 Å². The first-order valence-electron chi connectivity index (χ1n) is 7.42. The Morgan fingerprint density at radius 3 is 2.23 bits per heavy atom. The normalized spacial score (nSPS) is 11.3. The molecule has 0 radical (unpaired) electrons. The van der Waals surface area contributed by atoms with Gasteiger partial charge in [-0.1, -0.05) is 42.0 Å². The number of aliphatic imine (C=N–C) groups is 1. The summed E-state index contributed by atoms with van der Waals surface area (Å²) >= 11 is 0.